The first-order valence-corrected chi connectivity index (χ1v) is 6.94. The van der Waals surface area contributed by atoms with E-state index in [1.807, 2.05) is 0 Å². The molecule has 0 amide bonds. The van der Waals surface area contributed by atoms with Crippen LogP contribution in [-0.2, 0) is 10.0 Å². The fraction of sp³-hybridized carbons (Fsp3) is 0.333. The predicted octanol–water partition coefficient (Wildman–Crippen LogP) is 0.830. The van der Waals surface area contributed by atoms with Crippen LogP contribution in [0.3, 0.4) is 0 Å². The number of rotatable bonds is 4. The van der Waals surface area contributed by atoms with Gasteiger partial charge in [0.25, 0.3) is 0 Å². The number of nitrogens with two attached hydrogens (primary N) is 1. The molecule has 0 aliphatic carbocycles. The van der Waals surface area contributed by atoms with Crippen LogP contribution in [-0.4, -0.2) is 26.2 Å². The van der Waals surface area contributed by atoms with Crippen molar-refractivity contribution in [3.8, 4) is 0 Å². The van der Waals surface area contributed by atoms with E-state index in [1.54, 1.807) is 0 Å². The van der Waals surface area contributed by atoms with E-state index in [2.05, 4.69) is 20.7 Å². The molecule has 0 radical (unpaired) electrons. The summed E-state index contributed by atoms with van der Waals surface area (Å²) in [6.07, 6.45) is -0.861. The summed E-state index contributed by atoms with van der Waals surface area (Å²) in [7, 11) is -4.01. The number of sulfonamides is 1. The molecule has 8 heteroatoms. The molecule has 0 aliphatic heterocycles. The van der Waals surface area contributed by atoms with Gasteiger partial charge < -0.3 is 10.8 Å². The zero-order valence-electron chi connectivity index (χ0n) is 8.94. The van der Waals surface area contributed by atoms with E-state index >= 15 is 0 Å². The third kappa shape index (κ3) is 3.63. The summed E-state index contributed by atoms with van der Waals surface area (Å²) in [6, 6.07) is 2.00. The molecule has 0 bridgehead atoms. The van der Waals surface area contributed by atoms with Crippen LogP contribution < -0.4 is 10.5 Å². The molecule has 1 atom stereocenters. The van der Waals surface area contributed by atoms with Crippen LogP contribution in [0.5, 0.6) is 0 Å². The van der Waals surface area contributed by atoms with Gasteiger partial charge in [0.05, 0.1) is 6.10 Å². The van der Waals surface area contributed by atoms with Crippen LogP contribution in [0, 0.1) is 5.82 Å². The molecule has 0 fully saturated rings. The molecule has 0 spiro atoms. The number of hydrogen-bond donors (Lipinski definition) is 3. The molecule has 0 unspecified atom stereocenters. The summed E-state index contributed by atoms with van der Waals surface area (Å²) in [5, 5.41) is 8.98. The Morgan fingerprint density at radius 1 is 1.59 bits per heavy atom. The molecular formula is C9H12BrFN2O3S. The van der Waals surface area contributed by atoms with Crippen molar-refractivity contribution in [2.45, 2.75) is 17.9 Å². The van der Waals surface area contributed by atoms with Crippen LogP contribution in [0.25, 0.3) is 0 Å². The molecular weight excluding hydrogens is 315 g/mol. The lowest BCUT2D eigenvalue weighted by Gasteiger charge is -2.10. The molecule has 1 aromatic carbocycles. The van der Waals surface area contributed by atoms with E-state index in [0.29, 0.717) is 0 Å². The van der Waals surface area contributed by atoms with Gasteiger partial charge in [0.1, 0.15) is 10.7 Å². The maximum atomic E-state index is 13.5. The van der Waals surface area contributed by atoms with Crippen molar-refractivity contribution < 1.29 is 17.9 Å². The lowest BCUT2D eigenvalue weighted by atomic mass is 10.3. The van der Waals surface area contributed by atoms with E-state index in [4.69, 9.17) is 10.8 Å². The van der Waals surface area contributed by atoms with E-state index < -0.39 is 26.8 Å². The van der Waals surface area contributed by atoms with Gasteiger partial charge in [0, 0.05) is 16.7 Å². The minimum Gasteiger partial charge on any atom is -0.398 e. The number of nitrogens with one attached hydrogen (secondary N) is 1. The molecule has 1 aromatic rings. The number of anilines is 1. The van der Waals surface area contributed by atoms with Crippen molar-refractivity contribution >= 4 is 31.6 Å². The Kier molecular flexibility index (Phi) is 4.48. The summed E-state index contributed by atoms with van der Waals surface area (Å²) >= 11 is 2.99. The molecule has 0 aromatic heterocycles. The first-order chi connectivity index (χ1) is 7.74. The van der Waals surface area contributed by atoms with Crippen LogP contribution >= 0.6 is 15.9 Å². The number of halogens is 2. The quantitative estimate of drug-likeness (QED) is 0.714. The number of hydrogen-bond acceptors (Lipinski definition) is 4. The molecule has 17 heavy (non-hydrogen) atoms. The van der Waals surface area contributed by atoms with Crippen molar-refractivity contribution in [3.05, 3.63) is 22.4 Å². The summed E-state index contributed by atoms with van der Waals surface area (Å²) in [5.41, 5.74) is 5.60. The smallest absolute Gasteiger partial charge is 0.243 e. The lowest BCUT2D eigenvalue weighted by Crippen LogP contribution is -2.31. The van der Waals surface area contributed by atoms with Crippen LogP contribution in [0.15, 0.2) is 21.5 Å². The average molecular weight is 327 g/mol. The van der Waals surface area contributed by atoms with Gasteiger partial charge >= 0.3 is 0 Å². The number of aliphatic hydroxyl groups excluding tert-OH is 1. The van der Waals surface area contributed by atoms with Gasteiger partial charge in [-0.3, -0.25) is 0 Å². The van der Waals surface area contributed by atoms with Gasteiger partial charge in [-0.05, 0) is 35.0 Å². The van der Waals surface area contributed by atoms with Gasteiger partial charge in [0.2, 0.25) is 10.0 Å². The van der Waals surface area contributed by atoms with Gasteiger partial charge in [-0.2, -0.15) is 0 Å². The van der Waals surface area contributed by atoms with Gasteiger partial charge in [-0.1, -0.05) is 0 Å². The van der Waals surface area contributed by atoms with Gasteiger partial charge in [-0.15, -0.1) is 0 Å². The highest BCUT2D eigenvalue weighted by atomic mass is 79.9. The summed E-state index contributed by atoms with van der Waals surface area (Å²) in [4.78, 5) is -0.543. The standard InChI is InChI=1S/C9H12BrFN2O3S/c1-5(14)4-13-17(15,16)9-3-8(12)6(10)2-7(9)11/h2-3,5,13-14H,4,12H2,1H3/t5-/m0/s1. The first kappa shape index (κ1) is 14.4. The molecule has 5 nitrogen and oxygen atoms in total. The zero-order chi connectivity index (χ0) is 13.2. The molecule has 0 aliphatic rings. The lowest BCUT2D eigenvalue weighted by molar-refractivity contribution is 0.198. The Bertz CT molecular complexity index is 519. The third-order valence-corrected chi connectivity index (χ3v) is 4.03. The Balaban J connectivity index is 3.11. The number of benzene rings is 1. The summed E-state index contributed by atoms with van der Waals surface area (Å²) < 4.78 is 39.2. The largest absolute Gasteiger partial charge is 0.398 e. The topological polar surface area (TPSA) is 92.4 Å². The Labute approximate surface area is 107 Å². The highest BCUT2D eigenvalue weighted by Gasteiger charge is 2.20. The van der Waals surface area contributed by atoms with E-state index in [9.17, 15) is 12.8 Å². The minimum atomic E-state index is -4.01. The fourth-order valence-electron chi connectivity index (χ4n) is 1.06. The van der Waals surface area contributed by atoms with Crippen LogP contribution in [0.4, 0.5) is 10.1 Å². The normalized spacial score (nSPS) is 13.6. The zero-order valence-corrected chi connectivity index (χ0v) is 11.3. The number of nitrogen functional groups attached to an aromatic ring is 1. The maximum Gasteiger partial charge on any atom is 0.243 e. The SMILES string of the molecule is C[C@H](O)CNS(=O)(=O)c1cc(N)c(Br)cc1F. The molecule has 0 saturated carbocycles. The second kappa shape index (κ2) is 5.30. The summed E-state index contributed by atoms with van der Waals surface area (Å²) in [6.45, 7) is 1.21. The van der Waals surface area contributed by atoms with E-state index in [1.165, 1.54) is 6.92 Å². The average Bonchev–Trinajstić information content (AvgIpc) is 2.20. The van der Waals surface area contributed by atoms with E-state index in [0.717, 1.165) is 12.1 Å². The summed E-state index contributed by atoms with van der Waals surface area (Å²) in [5.74, 6) is -0.913. The van der Waals surface area contributed by atoms with Crippen molar-refractivity contribution in [2.24, 2.45) is 0 Å². The number of aliphatic hydroxyl groups is 1. The Hall–Kier alpha value is -0.700. The Morgan fingerprint density at radius 3 is 2.71 bits per heavy atom. The van der Waals surface area contributed by atoms with Crippen LogP contribution in [0.1, 0.15) is 6.92 Å². The van der Waals surface area contributed by atoms with Gasteiger partial charge in [-0.25, -0.2) is 17.5 Å². The monoisotopic (exact) mass is 326 g/mol. The second-order valence-corrected chi connectivity index (χ2v) is 6.09. The molecule has 4 N–H and O–H groups in total. The van der Waals surface area contributed by atoms with Crippen molar-refractivity contribution in [2.75, 3.05) is 12.3 Å². The second-order valence-electron chi connectivity index (χ2n) is 3.51. The minimum absolute atomic E-state index is 0.115. The van der Waals surface area contributed by atoms with Gasteiger partial charge in [0.15, 0.2) is 0 Å². The highest BCUT2D eigenvalue weighted by Crippen LogP contribution is 2.25. The predicted molar refractivity (Wildman–Crippen MR) is 65.4 cm³/mol. The molecule has 1 rings (SSSR count). The molecule has 0 heterocycles. The Morgan fingerprint density at radius 2 is 2.18 bits per heavy atom. The first-order valence-electron chi connectivity index (χ1n) is 4.66. The molecule has 96 valence electrons. The van der Waals surface area contributed by atoms with Crippen LogP contribution in [0.2, 0.25) is 0 Å². The van der Waals surface area contributed by atoms with Crippen molar-refractivity contribution in [3.63, 3.8) is 0 Å². The third-order valence-electron chi connectivity index (χ3n) is 1.91. The molecule has 0 saturated heterocycles. The van der Waals surface area contributed by atoms with Crippen molar-refractivity contribution in [1.82, 2.24) is 4.72 Å². The highest BCUT2D eigenvalue weighted by molar-refractivity contribution is 9.10. The fourth-order valence-corrected chi connectivity index (χ4v) is 2.59. The van der Waals surface area contributed by atoms with Crippen molar-refractivity contribution in [1.29, 1.82) is 0 Å². The maximum absolute atomic E-state index is 13.5. The van der Waals surface area contributed by atoms with E-state index in [-0.39, 0.29) is 16.7 Å².